The number of hydrogen-bond donors (Lipinski definition) is 2. The van der Waals surface area contributed by atoms with E-state index in [0.717, 1.165) is 5.69 Å². The summed E-state index contributed by atoms with van der Waals surface area (Å²) in [5, 5.41) is 19.7. The lowest BCUT2D eigenvalue weighted by molar-refractivity contribution is 0.0906. The van der Waals surface area contributed by atoms with Gasteiger partial charge in [-0.25, -0.2) is 4.68 Å². The van der Waals surface area contributed by atoms with Gasteiger partial charge in [-0.3, -0.25) is 4.79 Å². The minimum Gasteiger partial charge on any atom is -0.396 e. The molecule has 106 valence electrons. The fraction of sp³-hybridized carbons (Fsp3) is 0.357. The first-order chi connectivity index (χ1) is 9.52. The molecule has 0 aliphatic carbocycles. The van der Waals surface area contributed by atoms with Crippen LogP contribution in [0.4, 0.5) is 0 Å². The van der Waals surface area contributed by atoms with E-state index in [-0.39, 0.29) is 23.6 Å². The van der Waals surface area contributed by atoms with E-state index in [1.165, 1.54) is 0 Å². The highest BCUT2D eigenvalue weighted by molar-refractivity contribution is 5.91. The van der Waals surface area contributed by atoms with Gasteiger partial charge in [0, 0.05) is 18.6 Å². The van der Waals surface area contributed by atoms with Gasteiger partial charge >= 0.3 is 0 Å². The van der Waals surface area contributed by atoms with E-state index in [4.69, 9.17) is 5.11 Å². The maximum atomic E-state index is 11.9. The second-order valence-corrected chi connectivity index (χ2v) is 5.39. The number of hydrogen-bond acceptors (Lipinski definition) is 4. The lowest BCUT2D eigenvalue weighted by Gasteiger charge is -2.21. The molecule has 2 aromatic rings. The molecule has 2 rings (SSSR count). The van der Waals surface area contributed by atoms with Crippen molar-refractivity contribution in [2.45, 2.75) is 13.8 Å². The summed E-state index contributed by atoms with van der Waals surface area (Å²) in [6.45, 7) is 4.12. The third-order valence-electron chi connectivity index (χ3n) is 2.90. The average Bonchev–Trinajstić information content (AvgIpc) is 2.96. The molecule has 0 unspecified atom stereocenters. The van der Waals surface area contributed by atoms with E-state index in [1.54, 1.807) is 10.9 Å². The van der Waals surface area contributed by atoms with E-state index >= 15 is 0 Å². The molecule has 0 atom stereocenters. The number of carbonyl (C=O) groups excluding carboxylic acids is 1. The normalized spacial score (nSPS) is 11.3. The zero-order valence-electron chi connectivity index (χ0n) is 11.6. The molecule has 20 heavy (non-hydrogen) atoms. The highest BCUT2D eigenvalue weighted by Gasteiger charge is 2.19. The van der Waals surface area contributed by atoms with Crippen molar-refractivity contribution in [3.8, 4) is 5.69 Å². The molecule has 1 heterocycles. The molecule has 0 fully saturated rings. The van der Waals surface area contributed by atoms with Crippen molar-refractivity contribution in [1.29, 1.82) is 0 Å². The number of nitrogens with one attached hydrogen (secondary N) is 1. The van der Waals surface area contributed by atoms with Crippen molar-refractivity contribution < 1.29 is 9.90 Å². The Bertz CT molecular complexity index is 578. The summed E-state index contributed by atoms with van der Waals surface area (Å²) in [5.74, 6) is -0.297. The van der Waals surface area contributed by atoms with Crippen LogP contribution in [0.3, 0.4) is 0 Å². The third-order valence-corrected chi connectivity index (χ3v) is 2.90. The lowest BCUT2D eigenvalue weighted by Crippen LogP contribution is -2.36. The molecular weight excluding hydrogens is 256 g/mol. The summed E-state index contributed by atoms with van der Waals surface area (Å²) in [6.07, 6.45) is 1.58. The maximum absolute atomic E-state index is 11.9. The van der Waals surface area contributed by atoms with Crippen molar-refractivity contribution in [2.75, 3.05) is 13.2 Å². The minimum atomic E-state index is -0.356. The molecule has 0 spiro atoms. The Hall–Kier alpha value is -2.21. The Labute approximate surface area is 117 Å². The Kier molecular flexibility index (Phi) is 4.14. The number of aliphatic hydroxyl groups is 1. The Morgan fingerprint density at radius 1 is 1.35 bits per heavy atom. The molecule has 0 aliphatic heterocycles. The zero-order chi connectivity index (χ0) is 14.6. The molecule has 0 bridgehead atoms. The second-order valence-electron chi connectivity index (χ2n) is 5.39. The summed E-state index contributed by atoms with van der Waals surface area (Å²) >= 11 is 0. The van der Waals surface area contributed by atoms with Crippen LogP contribution in [-0.2, 0) is 0 Å². The predicted molar refractivity (Wildman–Crippen MR) is 74.6 cm³/mol. The van der Waals surface area contributed by atoms with Crippen molar-refractivity contribution in [3.05, 3.63) is 42.2 Å². The number of rotatable bonds is 5. The molecule has 2 N–H and O–H groups in total. The molecule has 1 aromatic heterocycles. The summed E-state index contributed by atoms with van der Waals surface area (Å²) in [5.41, 5.74) is 0.739. The van der Waals surface area contributed by atoms with E-state index in [2.05, 4.69) is 15.6 Å². The Morgan fingerprint density at radius 3 is 2.70 bits per heavy atom. The van der Waals surface area contributed by atoms with Crippen molar-refractivity contribution in [2.24, 2.45) is 5.41 Å². The van der Waals surface area contributed by atoms with E-state index in [0.29, 0.717) is 6.54 Å². The topological polar surface area (TPSA) is 80.0 Å². The fourth-order valence-electron chi connectivity index (χ4n) is 1.54. The first kappa shape index (κ1) is 14.2. The van der Waals surface area contributed by atoms with Gasteiger partial charge in [-0.1, -0.05) is 37.3 Å². The van der Waals surface area contributed by atoms with Crippen LogP contribution in [0.5, 0.6) is 0 Å². The summed E-state index contributed by atoms with van der Waals surface area (Å²) < 4.78 is 1.55. The largest absolute Gasteiger partial charge is 0.396 e. The molecule has 1 amide bonds. The lowest BCUT2D eigenvalue weighted by atomic mass is 9.95. The standard InChI is InChI=1S/C14H18N4O2/c1-14(2,10-19)9-15-13(20)12-8-18(17-16-12)11-6-4-3-5-7-11/h3-8,19H,9-10H2,1-2H3,(H,15,20). The molecule has 6 nitrogen and oxygen atoms in total. The van der Waals surface area contributed by atoms with Gasteiger partial charge in [0.25, 0.3) is 5.91 Å². The third kappa shape index (κ3) is 3.42. The van der Waals surface area contributed by atoms with Crippen LogP contribution in [-0.4, -0.2) is 39.2 Å². The Morgan fingerprint density at radius 2 is 2.05 bits per heavy atom. The van der Waals surface area contributed by atoms with E-state index in [9.17, 15) is 4.79 Å². The highest BCUT2D eigenvalue weighted by Crippen LogP contribution is 2.11. The van der Waals surface area contributed by atoms with Crippen LogP contribution < -0.4 is 5.32 Å². The van der Waals surface area contributed by atoms with Crippen molar-refractivity contribution >= 4 is 5.91 Å². The molecule has 1 aromatic carbocycles. The van der Waals surface area contributed by atoms with Crippen LogP contribution >= 0.6 is 0 Å². The summed E-state index contributed by atoms with van der Waals surface area (Å²) in [4.78, 5) is 11.9. The fourth-order valence-corrected chi connectivity index (χ4v) is 1.54. The van der Waals surface area contributed by atoms with Crippen LogP contribution in [0.25, 0.3) is 5.69 Å². The van der Waals surface area contributed by atoms with Gasteiger partial charge in [0.05, 0.1) is 11.9 Å². The predicted octanol–water partition coefficient (Wildman–Crippen LogP) is 1.02. The van der Waals surface area contributed by atoms with Gasteiger partial charge in [0.1, 0.15) is 0 Å². The minimum absolute atomic E-state index is 0.00395. The van der Waals surface area contributed by atoms with Crippen LogP contribution in [0.1, 0.15) is 24.3 Å². The maximum Gasteiger partial charge on any atom is 0.273 e. The molecule has 0 saturated heterocycles. The first-order valence-electron chi connectivity index (χ1n) is 6.39. The van der Waals surface area contributed by atoms with Gasteiger partial charge in [0.15, 0.2) is 5.69 Å². The quantitative estimate of drug-likeness (QED) is 0.853. The van der Waals surface area contributed by atoms with Gasteiger partial charge in [-0.15, -0.1) is 5.10 Å². The van der Waals surface area contributed by atoms with Crippen molar-refractivity contribution in [1.82, 2.24) is 20.3 Å². The molecule has 0 saturated carbocycles. The number of carbonyl (C=O) groups is 1. The van der Waals surface area contributed by atoms with Gasteiger partial charge in [-0.2, -0.15) is 0 Å². The smallest absolute Gasteiger partial charge is 0.273 e. The molecule has 0 radical (unpaired) electrons. The number of amides is 1. The Balaban J connectivity index is 2.04. The number of para-hydroxylation sites is 1. The molecule has 6 heteroatoms. The van der Waals surface area contributed by atoms with Gasteiger partial charge < -0.3 is 10.4 Å². The number of nitrogens with zero attached hydrogens (tertiary/aromatic N) is 3. The number of aromatic nitrogens is 3. The van der Waals surface area contributed by atoms with Crippen LogP contribution in [0.15, 0.2) is 36.5 Å². The SMILES string of the molecule is CC(C)(CO)CNC(=O)c1cn(-c2ccccc2)nn1. The van der Waals surface area contributed by atoms with Crippen molar-refractivity contribution in [3.63, 3.8) is 0 Å². The van der Waals surface area contributed by atoms with E-state index in [1.807, 2.05) is 44.2 Å². The number of benzene rings is 1. The van der Waals surface area contributed by atoms with Crippen LogP contribution in [0.2, 0.25) is 0 Å². The second kappa shape index (κ2) is 5.83. The van der Waals surface area contributed by atoms with Gasteiger partial charge in [0.2, 0.25) is 0 Å². The number of aliphatic hydroxyl groups excluding tert-OH is 1. The average molecular weight is 274 g/mol. The summed E-state index contributed by atoms with van der Waals surface area (Å²) in [6, 6.07) is 9.45. The molecule has 0 aliphatic rings. The monoisotopic (exact) mass is 274 g/mol. The molecular formula is C14H18N4O2. The van der Waals surface area contributed by atoms with Crippen LogP contribution in [0, 0.1) is 5.41 Å². The summed E-state index contributed by atoms with van der Waals surface area (Å²) in [7, 11) is 0. The van der Waals surface area contributed by atoms with Gasteiger partial charge in [-0.05, 0) is 12.1 Å². The highest BCUT2D eigenvalue weighted by atomic mass is 16.3. The first-order valence-corrected chi connectivity index (χ1v) is 6.39. The van der Waals surface area contributed by atoms with E-state index < -0.39 is 0 Å². The zero-order valence-corrected chi connectivity index (χ0v) is 11.6.